The zero-order valence-corrected chi connectivity index (χ0v) is 11.5. The second-order valence-corrected chi connectivity index (χ2v) is 5.19. The van der Waals surface area contributed by atoms with Gasteiger partial charge in [-0.2, -0.15) is 0 Å². The van der Waals surface area contributed by atoms with Crippen LogP contribution in [0.2, 0.25) is 0 Å². The Morgan fingerprint density at radius 2 is 1.53 bits per heavy atom. The SMILES string of the molecule is CC(N)CC(C)(Oc1ccccc1)c1ccccc1. The number of hydrogen-bond acceptors (Lipinski definition) is 2. The molecular formula is C17H21NO. The predicted molar refractivity (Wildman–Crippen MR) is 79.1 cm³/mol. The van der Waals surface area contributed by atoms with E-state index >= 15 is 0 Å². The molecule has 2 aromatic rings. The highest BCUT2D eigenvalue weighted by Gasteiger charge is 2.30. The standard InChI is InChI=1S/C17H21NO/c1-14(18)13-17(2,15-9-5-3-6-10-15)19-16-11-7-4-8-12-16/h3-12,14H,13,18H2,1-2H3. The van der Waals surface area contributed by atoms with E-state index in [2.05, 4.69) is 19.1 Å². The lowest BCUT2D eigenvalue weighted by Gasteiger charge is -2.33. The zero-order chi connectivity index (χ0) is 13.7. The van der Waals surface area contributed by atoms with E-state index in [-0.39, 0.29) is 6.04 Å². The summed E-state index contributed by atoms with van der Waals surface area (Å²) in [5.41, 5.74) is 6.73. The average Bonchev–Trinajstić information content (AvgIpc) is 2.40. The van der Waals surface area contributed by atoms with E-state index in [1.54, 1.807) is 0 Å². The number of ether oxygens (including phenoxy) is 1. The van der Waals surface area contributed by atoms with Crippen LogP contribution in [0, 0.1) is 0 Å². The van der Waals surface area contributed by atoms with Crippen molar-refractivity contribution in [2.75, 3.05) is 0 Å². The first-order valence-electron chi connectivity index (χ1n) is 6.65. The summed E-state index contributed by atoms with van der Waals surface area (Å²) in [6, 6.07) is 20.2. The van der Waals surface area contributed by atoms with Gasteiger partial charge >= 0.3 is 0 Å². The molecule has 0 heterocycles. The van der Waals surface area contributed by atoms with Crippen LogP contribution in [-0.4, -0.2) is 6.04 Å². The molecule has 2 aromatic carbocycles. The van der Waals surface area contributed by atoms with Gasteiger partial charge in [-0.3, -0.25) is 0 Å². The fourth-order valence-electron chi connectivity index (χ4n) is 2.37. The minimum Gasteiger partial charge on any atom is -0.483 e. The Bertz CT molecular complexity index is 495. The Labute approximate surface area is 115 Å². The molecule has 0 aliphatic rings. The van der Waals surface area contributed by atoms with Crippen molar-refractivity contribution in [2.24, 2.45) is 5.73 Å². The number of rotatable bonds is 5. The Morgan fingerprint density at radius 1 is 1.00 bits per heavy atom. The summed E-state index contributed by atoms with van der Waals surface area (Å²) in [5.74, 6) is 0.870. The molecule has 2 nitrogen and oxygen atoms in total. The Morgan fingerprint density at radius 3 is 2.05 bits per heavy atom. The van der Waals surface area contributed by atoms with Crippen LogP contribution >= 0.6 is 0 Å². The van der Waals surface area contributed by atoms with E-state index in [9.17, 15) is 0 Å². The summed E-state index contributed by atoms with van der Waals surface area (Å²) in [5, 5.41) is 0. The average molecular weight is 255 g/mol. The Balaban J connectivity index is 2.30. The third kappa shape index (κ3) is 3.58. The molecule has 0 aliphatic heterocycles. The molecular weight excluding hydrogens is 234 g/mol. The van der Waals surface area contributed by atoms with Crippen molar-refractivity contribution < 1.29 is 4.74 Å². The summed E-state index contributed by atoms with van der Waals surface area (Å²) in [6.07, 6.45) is 0.770. The number of nitrogens with two attached hydrogens (primary N) is 1. The summed E-state index contributed by atoms with van der Waals surface area (Å²) in [4.78, 5) is 0. The molecule has 0 saturated carbocycles. The molecule has 0 aromatic heterocycles. The van der Waals surface area contributed by atoms with Gasteiger partial charge in [0.1, 0.15) is 11.4 Å². The molecule has 0 radical (unpaired) electrons. The van der Waals surface area contributed by atoms with Crippen LogP contribution in [-0.2, 0) is 5.60 Å². The molecule has 0 fully saturated rings. The fourth-order valence-corrected chi connectivity index (χ4v) is 2.37. The third-order valence-electron chi connectivity index (χ3n) is 3.18. The highest BCUT2D eigenvalue weighted by molar-refractivity contribution is 5.27. The third-order valence-corrected chi connectivity index (χ3v) is 3.18. The van der Waals surface area contributed by atoms with E-state index in [0.29, 0.717) is 0 Å². The summed E-state index contributed by atoms with van der Waals surface area (Å²) in [7, 11) is 0. The predicted octanol–water partition coefficient (Wildman–Crippen LogP) is 3.72. The molecule has 2 heteroatoms. The summed E-state index contributed by atoms with van der Waals surface area (Å²) < 4.78 is 6.22. The fraction of sp³-hybridized carbons (Fsp3) is 0.294. The molecule has 2 rings (SSSR count). The van der Waals surface area contributed by atoms with Crippen molar-refractivity contribution >= 4 is 0 Å². The van der Waals surface area contributed by atoms with E-state index < -0.39 is 5.60 Å². The monoisotopic (exact) mass is 255 g/mol. The Hall–Kier alpha value is -1.80. The molecule has 0 saturated heterocycles. The number of para-hydroxylation sites is 1. The van der Waals surface area contributed by atoms with Gasteiger partial charge in [-0.05, 0) is 31.5 Å². The maximum Gasteiger partial charge on any atom is 0.133 e. The van der Waals surface area contributed by atoms with Crippen LogP contribution in [0.1, 0.15) is 25.8 Å². The quantitative estimate of drug-likeness (QED) is 0.883. The van der Waals surface area contributed by atoms with Gasteiger partial charge in [-0.1, -0.05) is 48.5 Å². The lowest BCUT2D eigenvalue weighted by molar-refractivity contribution is 0.0710. The van der Waals surface area contributed by atoms with E-state index in [1.807, 2.05) is 55.5 Å². The summed E-state index contributed by atoms with van der Waals surface area (Å²) >= 11 is 0. The molecule has 0 spiro atoms. The number of benzene rings is 2. The van der Waals surface area contributed by atoms with E-state index in [1.165, 1.54) is 0 Å². The molecule has 19 heavy (non-hydrogen) atoms. The first-order valence-corrected chi connectivity index (χ1v) is 6.65. The second kappa shape index (κ2) is 5.89. The van der Waals surface area contributed by atoms with Gasteiger partial charge in [0.25, 0.3) is 0 Å². The van der Waals surface area contributed by atoms with E-state index in [0.717, 1.165) is 17.7 Å². The van der Waals surface area contributed by atoms with Gasteiger partial charge in [0.05, 0.1) is 0 Å². The van der Waals surface area contributed by atoms with E-state index in [4.69, 9.17) is 10.5 Å². The van der Waals surface area contributed by atoms with Gasteiger partial charge in [0.2, 0.25) is 0 Å². The van der Waals surface area contributed by atoms with Gasteiger partial charge in [0.15, 0.2) is 0 Å². The van der Waals surface area contributed by atoms with Crippen molar-refractivity contribution in [3.05, 3.63) is 66.2 Å². The lowest BCUT2D eigenvalue weighted by atomic mass is 9.89. The van der Waals surface area contributed by atoms with Crippen molar-refractivity contribution in [2.45, 2.75) is 31.9 Å². The lowest BCUT2D eigenvalue weighted by Crippen LogP contribution is -2.36. The van der Waals surface area contributed by atoms with Crippen molar-refractivity contribution in [3.8, 4) is 5.75 Å². The minimum atomic E-state index is -0.406. The molecule has 2 unspecified atom stereocenters. The van der Waals surface area contributed by atoms with Crippen molar-refractivity contribution in [1.29, 1.82) is 0 Å². The maximum absolute atomic E-state index is 6.22. The highest BCUT2D eigenvalue weighted by atomic mass is 16.5. The highest BCUT2D eigenvalue weighted by Crippen LogP contribution is 2.31. The van der Waals surface area contributed by atoms with Crippen LogP contribution in [0.3, 0.4) is 0 Å². The first-order chi connectivity index (χ1) is 9.10. The second-order valence-electron chi connectivity index (χ2n) is 5.19. The molecule has 2 N–H and O–H groups in total. The Kier molecular flexibility index (Phi) is 4.23. The molecule has 0 bridgehead atoms. The smallest absolute Gasteiger partial charge is 0.133 e. The van der Waals surface area contributed by atoms with Crippen LogP contribution in [0.4, 0.5) is 0 Å². The van der Waals surface area contributed by atoms with Gasteiger partial charge in [-0.15, -0.1) is 0 Å². The molecule has 2 atom stereocenters. The molecule has 0 aliphatic carbocycles. The van der Waals surface area contributed by atoms with Crippen LogP contribution in [0.5, 0.6) is 5.75 Å². The first kappa shape index (κ1) is 13.6. The molecule has 100 valence electrons. The van der Waals surface area contributed by atoms with Gasteiger partial charge < -0.3 is 10.5 Å². The number of hydrogen-bond donors (Lipinski definition) is 1. The van der Waals surface area contributed by atoms with Crippen LogP contribution in [0.25, 0.3) is 0 Å². The zero-order valence-electron chi connectivity index (χ0n) is 11.5. The minimum absolute atomic E-state index is 0.0777. The van der Waals surface area contributed by atoms with Gasteiger partial charge in [0, 0.05) is 12.5 Å². The van der Waals surface area contributed by atoms with Crippen molar-refractivity contribution in [3.63, 3.8) is 0 Å². The van der Waals surface area contributed by atoms with Crippen LogP contribution in [0.15, 0.2) is 60.7 Å². The normalized spacial score (nSPS) is 15.5. The van der Waals surface area contributed by atoms with Crippen molar-refractivity contribution in [1.82, 2.24) is 0 Å². The van der Waals surface area contributed by atoms with Crippen LogP contribution < -0.4 is 10.5 Å². The maximum atomic E-state index is 6.22. The topological polar surface area (TPSA) is 35.2 Å². The molecule has 0 amide bonds. The summed E-state index contributed by atoms with van der Waals surface area (Å²) in [6.45, 7) is 4.11. The van der Waals surface area contributed by atoms with Gasteiger partial charge in [-0.25, -0.2) is 0 Å². The largest absolute Gasteiger partial charge is 0.483 e.